The van der Waals surface area contributed by atoms with Crippen LogP contribution in [0.4, 0.5) is 5.13 Å². The molecule has 2 aliphatic heterocycles. The van der Waals surface area contributed by atoms with Gasteiger partial charge in [-0.25, -0.2) is 17.7 Å². The van der Waals surface area contributed by atoms with Gasteiger partial charge < -0.3 is 9.47 Å². The van der Waals surface area contributed by atoms with E-state index in [0.717, 1.165) is 23.1 Å². The second kappa shape index (κ2) is 9.40. The zero-order chi connectivity index (χ0) is 22.0. The number of thiazole rings is 1. The molecule has 8 nitrogen and oxygen atoms in total. The standard InChI is InChI=1S/C21H29N3O5S2/c1-3-28-17-9-4-10-18-19(17)22-21(30-18)24(14-16-8-6-12-29-16)20(25)15-7-5-11-23(13-15)31(2,26)27/h4,9-10,15-16H,3,5-8,11-14H2,1-2H3. The highest BCUT2D eigenvalue weighted by Gasteiger charge is 2.35. The number of benzene rings is 1. The monoisotopic (exact) mass is 467 g/mol. The van der Waals surface area contributed by atoms with Crippen LogP contribution in [-0.4, -0.2) is 68.8 Å². The number of nitrogens with zero attached hydrogens (tertiary/aromatic N) is 3. The van der Waals surface area contributed by atoms with Gasteiger partial charge in [-0.2, -0.15) is 0 Å². The van der Waals surface area contributed by atoms with Gasteiger partial charge >= 0.3 is 0 Å². The van der Waals surface area contributed by atoms with Gasteiger partial charge in [0, 0.05) is 19.7 Å². The summed E-state index contributed by atoms with van der Waals surface area (Å²) in [6.07, 6.45) is 4.39. The second-order valence-electron chi connectivity index (χ2n) is 8.08. The lowest BCUT2D eigenvalue weighted by Gasteiger charge is -2.33. The first-order valence-electron chi connectivity index (χ1n) is 10.8. The van der Waals surface area contributed by atoms with E-state index in [1.165, 1.54) is 21.9 Å². The van der Waals surface area contributed by atoms with Crippen molar-refractivity contribution in [3.8, 4) is 5.75 Å². The van der Waals surface area contributed by atoms with Crippen molar-refractivity contribution in [2.45, 2.75) is 38.7 Å². The molecule has 1 amide bonds. The van der Waals surface area contributed by atoms with Gasteiger partial charge in [0.25, 0.3) is 0 Å². The van der Waals surface area contributed by atoms with Crippen molar-refractivity contribution in [3.05, 3.63) is 18.2 Å². The molecule has 0 bridgehead atoms. The number of para-hydroxylation sites is 1. The van der Waals surface area contributed by atoms with Crippen LogP contribution in [0.3, 0.4) is 0 Å². The van der Waals surface area contributed by atoms with Crippen LogP contribution < -0.4 is 9.64 Å². The summed E-state index contributed by atoms with van der Waals surface area (Å²) < 4.78 is 38.0. The summed E-state index contributed by atoms with van der Waals surface area (Å²) >= 11 is 1.45. The summed E-state index contributed by atoms with van der Waals surface area (Å²) in [6.45, 7) is 4.27. The van der Waals surface area contributed by atoms with Gasteiger partial charge in [0.1, 0.15) is 11.3 Å². The van der Waals surface area contributed by atoms with Crippen molar-refractivity contribution in [3.63, 3.8) is 0 Å². The van der Waals surface area contributed by atoms with Crippen molar-refractivity contribution in [1.82, 2.24) is 9.29 Å². The number of carbonyl (C=O) groups is 1. The molecule has 0 radical (unpaired) electrons. The Morgan fingerprint density at radius 3 is 2.90 bits per heavy atom. The molecule has 0 spiro atoms. The summed E-state index contributed by atoms with van der Waals surface area (Å²) in [6, 6.07) is 5.78. The number of sulfonamides is 1. The van der Waals surface area contributed by atoms with E-state index >= 15 is 0 Å². The van der Waals surface area contributed by atoms with Crippen molar-refractivity contribution in [2.24, 2.45) is 5.92 Å². The van der Waals surface area contributed by atoms with Crippen molar-refractivity contribution in [2.75, 3.05) is 44.0 Å². The van der Waals surface area contributed by atoms with Crippen LogP contribution in [-0.2, 0) is 19.6 Å². The fraction of sp³-hybridized carbons (Fsp3) is 0.619. The lowest BCUT2D eigenvalue weighted by atomic mass is 9.98. The quantitative estimate of drug-likeness (QED) is 0.622. The van der Waals surface area contributed by atoms with Crippen LogP contribution in [0.1, 0.15) is 32.6 Å². The molecular weight excluding hydrogens is 438 g/mol. The first-order chi connectivity index (χ1) is 14.9. The predicted octanol–water partition coefficient (Wildman–Crippen LogP) is 2.88. The Morgan fingerprint density at radius 1 is 1.35 bits per heavy atom. The number of piperidine rings is 1. The van der Waals surface area contributed by atoms with E-state index < -0.39 is 10.0 Å². The maximum absolute atomic E-state index is 13.6. The number of aromatic nitrogens is 1. The zero-order valence-electron chi connectivity index (χ0n) is 18.0. The molecule has 0 N–H and O–H groups in total. The molecule has 0 aliphatic carbocycles. The minimum absolute atomic E-state index is 0.0306. The van der Waals surface area contributed by atoms with Crippen molar-refractivity contribution in [1.29, 1.82) is 0 Å². The number of fused-ring (bicyclic) bond motifs is 1. The van der Waals surface area contributed by atoms with Crippen molar-refractivity contribution < 1.29 is 22.7 Å². The number of hydrogen-bond acceptors (Lipinski definition) is 7. The first kappa shape index (κ1) is 22.4. The third-order valence-corrected chi connectivity index (χ3v) is 8.09. The lowest BCUT2D eigenvalue weighted by Crippen LogP contribution is -2.48. The van der Waals surface area contributed by atoms with E-state index in [1.807, 2.05) is 25.1 Å². The summed E-state index contributed by atoms with van der Waals surface area (Å²) in [5.41, 5.74) is 0.746. The van der Waals surface area contributed by atoms with Crippen LogP contribution >= 0.6 is 11.3 Å². The van der Waals surface area contributed by atoms with Gasteiger partial charge in [0.05, 0.1) is 36.1 Å². The van der Waals surface area contributed by atoms with Gasteiger partial charge in [0.2, 0.25) is 15.9 Å². The van der Waals surface area contributed by atoms with Gasteiger partial charge in [-0.1, -0.05) is 17.4 Å². The Morgan fingerprint density at radius 2 is 2.19 bits per heavy atom. The minimum atomic E-state index is -3.33. The van der Waals surface area contributed by atoms with Crippen LogP contribution in [0.5, 0.6) is 5.75 Å². The van der Waals surface area contributed by atoms with E-state index in [0.29, 0.717) is 50.0 Å². The smallest absolute Gasteiger partial charge is 0.233 e. The summed E-state index contributed by atoms with van der Waals surface area (Å²) in [4.78, 5) is 20.1. The van der Waals surface area contributed by atoms with Crippen LogP contribution in [0, 0.1) is 5.92 Å². The van der Waals surface area contributed by atoms with Gasteiger partial charge in [0.15, 0.2) is 5.13 Å². The number of carbonyl (C=O) groups excluding carboxylic acids is 1. The predicted molar refractivity (Wildman–Crippen MR) is 121 cm³/mol. The molecule has 2 fully saturated rings. The van der Waals surface area contributed by atoms with E-state index in [2.05, 4.69) is 0 Å². The van der Waals surface area contributed by atoms with Gasteiger partial charge in [-0.3, -0.25) is 9.69 Å². The molecule has 170 valence electrons. The normalized spacial score (nSPS) is 22.6. The third kappa shape index (κ3) is 5.02. The van der Waals surface area contributed by atoms with E-state index in [9.17, 15) is 13.2 Å². The van der Waals surface area contributed by atoms with Crippen molar-refractivity contribution >= 4 is 42.6 Å². The maximum Gasteiger partial charge on any atom is 0.233 e. The molecule has 1 aromatic heterocycles. The lowest BCUT2D eigenvalue weighted by molar-refractivity contribution is -0.123. The molecular formula is C21H29N3O5S2. The molecule has 4 rings (SSSR count). The summed E-state index contributed by atoms with van der Waals surface area (Å²) in [7, 11) is -3.33. The number of hydrogen-bond donors (Lipinski definition) is 0. The molecule has 2 atom stereocenters. The second-order valence-corrected chi connectivity index (χ2v) is 11.1. The van der Waals surface area contributed by atoms with E-state index in [1.54, 1.807) is 4.90 Å². The molecule has 0 saturated carbocycles. The largest absolute Gasteiger partial charge is 0.492 e. The number of rotatable bonds is 7. The Kier molecular flexibility index (Phi) is 6.80. The molecule has 2 aromatic rings. The molecule has 2 aliphatic rings. The Labute approximate surface area is 187 Å². The Balaban J connectivity index is 1.65. The van der Waals surface area contributed by atoms with Crippen LogP contribution in [0.2, 0.25) is 0 Å². The minimum Gasteiger partial charge on any atom is -0.492 e. The Bertz CT molecular complexity index is 1030. The highest BCUT2D eigenvalue weighted by atomic mass is 32.2. The van der Waals surface area contributed by atoms with Crippen LogP contribution in [0.15, 0.2) is 18.2 Å². The average Bonchev–Trinajstić information content (AvgIpc) is 3.41. The molecule has 3 heterocycles. The van der Waals surface area contributed by atoms with Crippen LogP contribution in [0.25, 0.3) is 10.2 Å². The van der Waals surface area contributed by atoms with Gasteiger partial charge in [-0.05, 0) is 44.7 Å². The zero-order valence-corrected chi connectivity index (χ0v) is 19.6. The SMILES string of the molecule is CCOc1cccc2sc(N(CC3CCCO3)C(=O)C3CCCN(S(C)(=O)=O)C3)nc12. The summed E-state index contributed by atoms with van der Waals surface area (Å²) in [5, 5.41) is 0.610. The molecule has 1 aromatic carbocycles. The number of ether oxygens (including phenoxy) is 2. The number of anilines is 1. The summed E-state index contributed by atoms with van der Waals surface area (Å²) in [5.74, 6) is 0.233. The highest BCUT2D eigenvalue weighted by molar-refractivity contribution is 7.88. The van der Waals surface area contributed by atoms with E-state index in [4.69, 9.17) is 14.5 Å². The maximum atomic E-state index is 13.6. The van der Waals surface area contributed by atoms with Gasteiger partial charge in [-0.15, -0.1) is 0 Å². The highest BCUT2D eigenvalue weighted by Crippen LogP contribution is 2.36. The van der Waals surface area contributed by atoms with E-state index in [-0.39, 0.29) is 24.5 Å². The fourth-order valence-corrected chi connectivity index (χ4v) is 6.13. The molecule has 31 heavy (non-hydrogen) atoms. The molecule has 2 saturated heterocycles. The average molecular weight is 468 g/mol. The topological polar surface area (TPSA) is 89.0 Å². The fourth-order valence-electron chi connectivity index (χ4n) is 4.22. The molecule has 2 unspecified atom stereocenters. The molecule has 10 heteroatoms. The Hall–Kier alpha value is -1.75. The third-order valence-electron chi connectivity index (χ3n) is 5.78. The number of amides is 1. The first-order valence-corrected chi connectivity index (χ1v) is 13.4.